The zero-order valence-corrected chi connectivity index (χ0v) is 29.7. The van der Waals surface area contributed by atoms with Gasteiger partial charge in [0.2, 0.25) is 0 Å². The smallest absolute Gasteiger partial charge is 0.0548 e. The van der Waals surface area contributed by atoms with E-state index >= 15 is 0 Å². The Kier molecular flexibility index (Phi) is 6.63. The number of para-hydroxylation sites is 2. The molecule has 4 heteroatoms. The van der Waals surface area contributed by atoms with Gasteiger partial charge in [0.1, 0.15) is 0 Å². The number of hydrogen-bond donors (Lipinski definition) is 0. The first-order chi connectivity index (χ1) is 25.8. The molecule has 0 unspecified atom stereocenters. The van der Waals surface area contributed by atoms with Crippen LogP contribution in [0.4, 0.5) is 17.1 Å². The molecular formula is C48H30N2S2. The van der Waals surface area contributed by atoms with E-state index in [1.165, 1.54) is 73.3 Å². The predicted octanol–water partition coefficient (Wildman–Crippen LogP) is 14.7. The zero-order chi connectivity index (χ0) is 34.2. The summed E-state index contributed by atoms with van der Waals surface area (Å²) in [5, 5.41) is 8.09. The van der Waals surface area contributed by atoms with Gasteiger partial charge in [0.15, 0.2) is 0 Å². The van der Waals surface area contributed by atoms with Gasteiger partial charge in [0, 0.05) is 73.9 Å². The Labute approximate surface area is 308 Å². The van der Waals surface area contributed by atoms with Crippen molar-refractivity contribution >= 4 is 102 Å². The van der Waals surface area contributed by atoms with Gasteiger partial charge in [-0.1, -0.05) is 97.1 Å². The molecule has 0 atom stereocenters. The number of aromatic nitrogens is 1. The van der Waals surface area contributed by atoms with Crippen LogP contribution in [0.15, 0.2) is 182 Å². The Morgan fingerprint density at radius 2 is 0.750 bits per heavy atom. The third-order valence-corrected chi connectivity index (χ3v) is 12.7. The van der Waals surface area contributed by atoms with Crippen molar-refractivity contribution < 1.29 is 0 Å². The van der Waals surface area contributed by atoms with Crippen LogP contribution < -0.4 is 4.90 Å². The number of nitrogens with zero attached hydrogens (tertiary/aromatic N) is 2. The van der Waals surface area contributed by atoms with Crippen LogP contribution in [0.3, 0.4) is 0 Å². The molecule has 244 valence electrons. The van der Waals surface area contributed by atoms with Gasteiger partial charge in [-0.3, -0.25) is 0 Å². The number of thiophene rings is 2. The lowest BCUT2D eigenvalue weighted by atomic mass is 10.0. The minimum Gasteiger partial charge on any atom is -0.311 e. The lowest BCUT2D eigenvalue weighted by Gasteiger charge is -2.25. The maximum atomic E-state index is 2.48. The molecule has 0 N–H and O–H groups in total. The van der Waals surface area contributed by atoms with Gasteiger partial charge >= 0.3 is 0 Å². The molecule has 0 aliphatic rings. The number of hydrogen-bond acceptors (Lipinski definition) is 3. The van der Waals surface area contributed by atoms with Crippen LogP contribution in [0, 0.1) is 0 Å². The van der Waals surface area contributed by atoms with Crippen molar-refractivity contribution in [3.63, 3.8) is 0 Å². The molecule has 2 nitrogen and oxygen atoms in total. The fourth-order valence-corrected chi connectivity index (χ4v) is 10.3. The lowest BCUT2D eigenvalue weighted by Crippen LogP contribution is -2.09. The second-order valence-electron chi connectivity index (χ2n) is 13.3. The SMILES string of the molecule is c1ccc(N(c2ccccc2)c2ccc(-c3ccc(-n4c5ccc6sc7ccccc7c6c5c5c6c(ccc54)sc4ccccc46)cc3)cc2)cc1. The molecule has 0 amide bonds. The van der Waals surface area contributed by atoms with E-state index < -0.39 is 0 Å². The molecule has 3 aromatic heterocycles. The third kappa shape index (κ3) is 4.48. The van der Waals surface area contributed by atoms with E-state index in [2.05, 4.69) is 191 Å². The average molecular weight is 699 g/mol. The van der Waals surface area contributed by atoms with Crippen molar-refractivity contribution in [2.45, 2.75) is 0 Å². The third-order valence-electron chi connectivity index (χ3n) is 10.4. The summed E-state index contributed by atoms with van der Waals surface area (Å²) in [6, 6.07) is 66.2. The van der Waals surface area contributed by atoms with Gasteiger partial charge in [-0.05, 0) is 96.1 Å². The van der Waals surface area contributed by atoms with Gasteiger partial charge in [-0.2, -0.15) is 0 Å². The second kappa shape index (κ2) is 11.7. The number of rotatable bonds is 5. The largest absolute Gasteiger partial charge is 0.311 e. The molecule has 3 heterocycles. The first kappa shape index (κ1) is 29.5. The summed E-state index contributed by atoms with van der Waals surface area (Å²) < 4.78 is 7.81. The molecule has 0 fully saturated rings. The maximum absolute atomic E-state index is 2.48. The highest BCUT2D eigenvalue weighted by atomic mass is 32.1. The summed E-state index contributed by atoms with van der Waals surface area (Å²) in [6.07, 6.45) is 0. The van der Waals surface area contributed by atoms with E-state index in [9.17, 15) is 0 Å². The lowest BCUT2D eigenvalue weighted by molar-refractivity contribution is 1.18. The Balaban J connectivity index is 1.07. The Morgan fingerprint density at radius 3 is 1.25 bits per heavy atom. The van der Waals surface area contributed by atoms with Crippen LogP contribution in [0.1, 0.15) is 0 Å². The summed E-state index contributed by atoms with van der Waals surface area (Å²) in [7, 11) is 0. The minimum atomic E-state index is 1.13. The molecule has 11 aromatic rings. The van der Waals surface area contributed by atoms with E-state index in [-0.39, 0.29) is 0 Å². The van der Waals surface area contributed by atoms with E-state index in [4.69, 9.17) is 0 Å². The quantitative estimate of drug-likeness (QED) is 0.174. The summed E-state index contributed by atoms with van der Waals surface area (Å²) >= 11 is 3.78. The van der Waals surface area contributed by atoms with Gasteiger partial charge in [0.25, 0.3) is 0 Å². The average Bonchev–Trinajstić information content (AvgIpc) is 3.88. The zero-order valence-electron chi connectivity index (χ0n) is 28.0. The van der Waals surface area contributed by atoms with Gasteiger partial charge in [0.05, 0.1) is 11.0 Å². The fourth-order valence-electron chi connectivity index (χ4n) is 8.11. The van der Waals surface area contributed by atoms with E-state index in [1.54, 1.807) is 0 Å². The van der Waals surface area contributed by atoms with Gasteiger partial charge < -0.3 is 9.47 Å². The fraction of sp³-hybridized carbons (Fsp3) is 0. The molecule has 0 saturated carbocycles. The van der Waals surface area contributed by atoms with Crippen molar-refractivity contribution in [2.75, 3.05) is 4.90 Å². The summed E-state index contributed by atoms with van der Waals surface area (Å²) in [4.78, 5) is 2.30. The van der Waals surface area contributed by atoms with Crippen molar-refractivity contribution in [3.05, 3.63) is 182 Å². The summed E-state index contributed by atoms with van der Waals surface area (Å²) in [5.74, 6) is 0. The highest BCUT2D eigenvalue weighted by molar-refractivity contribution is 7.26. The van der Waals surface area contributed by atoms with Crippen LogP contribution in [0.25, 0.3) is 79.0 Å². The van der Waals surface area contributed by atoms with Gasteiger partial charge in [-0.25, -0.2) is 0 Å². The molecule has 0 aliphatic heterocycles. The van der Waals surface area contributed by atoms with Crippen LogP contribution in [0.5, 0.6) is 0 Å². The normalized spacial score (nSPS) is 11.8. The van der Waals surface area contributed by atoms with E-state index in [0.717, 1.165) is 22.7 Å². The van der Waals surface area contributed by atoms with Crippen LogP contribution in [-0.2, 0) is 0 Å². The molecule has 0 saturated heterocycles. The molecule has 0 radical (unpaired) electrons. The first-order valence-corrected chi connectivity index (χ1v) is 19.2. The van der Waals surface area contributed by atoms with Crippen LogP contribution in [0.2, 0.25) is 0 Å². The molecule has 0 bridgehead atoms. The Hall–Kier alpha value is -6.20. The molecule has 0 spiro atoms. The van der Waals surface area contributed by atoms with E-state index in [1.807, 2.05) is 22.7 Å². The Bertz CT molecular complexity index is 2930. The highest BCUT2D eigenvalue weighted by Gasteiger charge is 2.21. The second-order valence-corrected chi connectivity index (χ2v) is 15.5. The topological polar surface area (TPSA) is 8.17 Å². The number of benzene rings is 8. The summed E-state index contributed by atoms with van der Waals surface area (Å²) in [5.41, 5.74) is 9.44. The first-order valence-electron chi connectivity index (χ1n) is 17.6. The van der Waals surface area contributed by atoms with Crippen molar-refractivity contribution in [3.8, 4) is 16.8 Å². The van der Waals surface area contributed by atoms with Crippen molar-refractivity contribution in [2.24, 2.45) is 0 Å². The monoisotopic (exact) mass is 698 g/mol. The maximum Gasteiger partial charge on any atom is 0.0548 e. The highest BCUT2D eigenvalue weighted by Crippen LogP contribution is 2.48. The standard InChI is InChI=1S/C48H30N2S2/c1-3-11-33(12-4-1)49(34-13-5-2-6-14-34)35-23-19-31(20-24-35)32-21-25-36(26-22-32)50-39-27-29-43-45(37-15-7-9-17-41(37)51-43)47(39)48-40(50)28-30-44-46(48)38-16-8-10-18-42(38)52-44/h1-30H. The van der Waals surface area contributed by atoms with Crippen LogP contribution in [-0.4, -0.2) is 4.57 Å². The van der Waals surface area contributed by atoms with Crippen LogP contribution >= 0.6 is 22.7 Å². The minimum absolute atomic E-state index is 1.13. The molecule has 8 aromatic carbocycles. The molecule has 0 aliphatic carbocycles. The predicted molar refractivity (Wildman–Crippen MR) is 227 cm³/mol. The molecular weight excluding hydrogens is 669 g/mol. The summed E-state index contributed by atoms with van der Waals surface area (Å²) in [6.45, 7) is 0. The van der Waals surface area contributed by atoms with Gasteiger partial charge in [-0.15, -0.1) is 22.7 Å². The number of anilines is 3. The van der Waals surface area contributed by atoms with Crippen molar-refractivity contribution in [1.82, 2.24) is 4.57 Å². The molecule has 11 rings (SSSR count). The van der Waals surface area contributed by atoms with Crippen molar-refractivity contribution in [1.29, 1.82) is 0 Å². The number of fused-ring (bicyclic) bond motifs is 11. The van der Waals surface area contributed by atoms with E-state index in [0.29, 0.717) is 0 Å². The molecule has 52 heavy (non-hydrogen) atoms. The Morgan fingerprint density at radius 1 is 0.327 bits per heavy atom.